The highest BCUT2D eigenvalue weighted by molar-refractivity contribution is 5.19. The predicted molar refractivity (Wildman–Crippen MR) is 40.8 cm³/mol. The first kappa shape index (κ1) is 6.17. The number of ether oxygens (including phenoxy) is 1. The van der Waals surface area contributed by atoms with E-state index in [2.05, 4.69) is 24.3 Å². The average Bonchev–Trinajstić information content (AvgIpc) is 2.39. The van der Waals surface area contributed by atoms with Crippen molar-refractivity contribution in [3.8, 4) is 0 Å². The summed E-state index contributed by atoms with van der Waals surface area (Å²) >= 11 is 0. The zero-order valence-corrected chi connectivity index (χ0v) is 6.05. The lowest BCUT2D eigenvalue weighted by Gasteiger charge is -2.24. The molecule has 2 aliphatic rings. The Kier molecular flexibility index (Phi) is 1.38. The van der Waals surface area contributed by atoms with Crippen molar-refractivity contribution in [2.24, 2.45) is 0 Å². The van der Waals surface area contributed by atoms with Gasteiger partial charge in [-0.15, -0.1) is 0 Å². The van der Waals surface area contributed by atoms with Gasteiger partial charge in [-0.1, -0.05) is 24.3 Å². The summed E-state index contributed by atoms with van der Waals surface area (Å²) in [5.41, 5.74) is 0.106. The van der Waals surface area contributed by atoms with Crippen molar-refractivity contribution in [2.75, 3.05) is 6.61 Å². The van der Waals surface area contributed by atoms with Crippen LogP contribution in [0.3, 0.4) is 0 Å². The van der Waals surface area contributed by atoms with Gasteiger partial charge < -0.3 is 4.74 Å². The maximum atomic E-state index is 5.64. The Bertz CT molecular complexity index is 173. The van der Waals surface area contributed by atoms with E-state index in [1.807, 2.05) is 0 Å². The molecule has 1 spiro atoms. The third-order valence-electron chi connectivity index (χ3n) is 2.24. The molecule has 2 rings (SSSR count). The zero-order valence-electron chi connectivity index (χ0n) is 6.05. The molecule has 1 aliphatic carbocycles. The molecule has 1 atom stereocenters. The molecule has 1 aliphatic heterocycles. The minimum Gasteiger partial charge on any atom is -0.371 e. The van der Waals surface area contributed by atoms with Gasteiger partial charge in [-0.3, -0.25) is 0 Å². The summed E-state index contributed by atoms with van der Waals surface area (Å²) in [7, 11) is 0. The quantitative estimate of drug-likeness (QED) is 0.495. The maximum Gasteiger partial charge on any atom is 0.0900 e. The van der Waals surface area contributed by atoms with Gasteiger partial charge >= 0.3 is 0 Å². The fourth-order valence-electron chi connectivity index (χ4n) is 1.66. The van der Waals surface area contributed by atoms with Crippen LogP contribution in [0.25, 0.3) is 0 Å². The van der Waals surface area contributed by atoms with E-state index in [9.17, 15) is 0 Å². The third-order valence-corrected chi connectivity index (χ3v) is 2.24. The molecule has 0 radical (unpaired) electrons. The van der Waals surface area contributed by atoms with Crippen LogP contribution in [0.1, 0.15) is 19.3 Å². The first-order valence-corrected chi connectivity index (χ1v) is 3.90. The Morgan fingerprint density at radius 2 is 2.30 bits per heavy atom. The van der Waals surface area contributed by atoms with Crippen molar-refractivity contribution in [1.82, 2.24) is 0 Å². The second-order valence-corrected chi connectivity index (χ2v) is 3.01. The van der Waals surface area contributed by atoms with Crippen LogP contribution in [-0.4, -0.2) is 12.2 Å². The SMILES string of the molecule is C1=CCC2(C=C1)CCCO2. The highest BCUT2D eigenvalue weighted by Gasteiger charge is 2.31. The van der Waals surface area contributed by atoms with Gasteiger partial charge in [0.25, 0.3) is 0 Å². The Morgan fingerprint density at radius 1 is 1.30 bits per heavy atom. The number of hydrogen-bond donors (Lipinski definition) is 0. The summed E-state index contributed by atoms with van der Waals surface area (Å²) in [6.45, 7) is 0.943. The van der Waals surface area contributed by atoms with Crippen LogP contribution in [0, 0.1) is 0 Å². The summed E-state index contributed by atoms with van der Waals surface area (Å²) in [6, 6.07) is 0. The Balaban J connectivity index is 2.15. The van der Waals surface area contributed by atoms with Gasteiger partial charge in [-0.05, 0) is 19.3 Å². The minimum atomic E-state index is 0.106. The Labute approximate surface area is 61.4 Å². The summed E-state index contributed by atoms with van der Waals surface area (Å²) in [5.74, 6) is 0. The smallest absolute Gasteiger partial charge is 0.0900 e. The van der Waals surface area contributed by atoms with Gasteiger partial charge in [0.1, 0.15) is 0 Å². The van der Waals surface area contributed by atoms with E-state index >= 15 is 0 Å². The largest absolute Gasteiger partial charge is 0.371 e. The van der Waals surface area contributed by atoms with Gasteiger partial charge in [0.2, 0.25) is 0 Å². The molecular weight excluding hydrogens is 124 g/mol. The summed E-state index contributed by atoms with van der Waals surface area (Å²) in [4.78, 5) is 0. The van der Waals surface area contributed by atoms with Crippen molar-refractivity contribution in [3.05, 3.63) is 24.3 Å². The highest BCUT2D eigenvalue weighted by Crippen LogP contribution is 2.32. The van der Waals surface area contributed by atoms with E-state index in [4.69, 9.17) is 4.74 Å². The van der Waals surface area contributed by atoms with Crippen molar-refractivity contribution in [3.63, 3.8) is 0 Å². The van der Waals surface area contributed by atoms with Crippen molar-refractivity contribution in [2.45, 2.75) is 24.9 Å². The molecule has 0 N–H and O–H groups in total. The molecule has 1 unspecified atom stereocenters. The lowest BCUT2D eigenvalue weighted by molar-refractivity contribution is 0.0471. The average molecular weight is 136 g/mol. The van der Waals surface area contributed by atoms with Gasteiger partial charge in [0.15, 0.2) is 0 Å². The van der Waals surface area contributed by atoms with Gasteiger partial charge in [0.05, 0.1) is 5.60 Å². The second kappa shape index (κ2) is 2.24. The zero-order chi connectivity index (χ0) is 6.86. The molecule has 0 aromatic heterocycles. The predicted octanol–water partition coefficient (Wildman–Crippen LogP) is 2.05. The lowest BCUT2D eigenvalue weighted by Crippen LogP contribution is -2.24. The van der Waals surface area contributed by atoms with Crippen LogP contribution >= 0.6 is 0 Å². The van der Waals surface area contributed by atoms with Crippen LogP contribution in [0.5, 0.6) is 0 Å². The molecule has 0 aromatic carbocycles. The molecule has 1 heterocycles. The van der Waals surface area contributed by atoms with E-state index in [0.717, 1.165) is 13.0 Å². The molecule has 0 amide bonds. The number of hydrogen-bond acceptors (Lipinski definition) is 1. The van der Waals surface area contributed by atoms with Crippen molar-refractivity contribution >= 4 is 0 Å². The van der Waals surface area contributed by atoms with Crippen LogP contribution in [-0.2, 0) is 4.74 Å². The molecular formula is C9H12O. The van der Waals surface area contributed by atoms with Crippen LogP contribution in [0.4, 0.5) is 0 Å². The first-order chi connectivity index (χ1) is 4.91. The standard InChI is InChI=1S/C9H12O/c1-2-5-9(6-3-1)7-4-8-10-9/h1-3,5H,4,6-8H2. The minimum absolute atomic E-state index is 0.106. The molecule has 0 saturated carbocycles. The lowest BCUT2D eigenvalue weighted by atomic mass is 9.92. The normalized spacial score (nSPS) is 37.6. The summed E-state index contributed by atoms with van der Waals surface area (Å²) in [6.07, 6.45) is 12.1. The fraction of sp³-hybridized carbons (Fsp3) is 0.556. The van der Waals surface area contributed by atoms with E-state index in [1.165, 1.54) is 12.8 Å². The second-order valence-electron chi connectivity index (χ2n) is 3.01. The summed E-state index contributed by atoms with van der Waals surface area (Å²) in [5, 5.41) is 0. The topological polar surface area (TPSA) is 9.23 Å². The van der Waals surface area contributed by atoms with E-state index < -0.39 is 0 Å². The van der Waals surface area contributed by atoms with E-state index in [0.29, 0.717) is 0 Å². The molecule has 0 bridgehead atoms. The van der Waals surface area contributed by atoms with E-state index in [-0.39, 0.29) is 5.60 Å². The molecule has 1 heteroatoms. The molecule has 1 saturated heterocycles. The number of allylic oxidation sites excluding steroid dienone is 2. The molecule has 54 valence electrons. The van der Waals surface area contributed by atoms with Crippen LogP contribution in [0.15, 0.2) is 24.3 Å². The Morgan fingerprint density at radius 3 is 2.90 bits per heavy atom. The summed E-state index contributed by atoms with van der Waals surface area (Å²) < 4.78 is 5.64. The van der Waals surface area contributed by atoms with Gasteiger partial charge in [-0.25, -0.2) is 0 Å². The van der Waals surface area contributed by atoms with Gasteiger partial charge in [0, 0.05) is 6.61 Å². The van der Waals surface area contributed by atoms with Gasteiger partial charge in [-0.2, -0.15) is 0 Å². The Hall–Kier alpha value is -0.560. The third kappa shape index (κ3) is 0.907. The van der Waals surface area contributed by atoms with Crippen LogP contribution in [0.2, 0.25) is 0 Å². The fourth-order valence-corrected chi connectivity index (χ4v) is 1.66. The monoisotopic (exact) mass is 136 g/mol. The van der Waals surface area contributed by atoms with E-state index in [1.54, 1.807) is 0 Å². The highest BCUT2D eigenvalue weighted by atomic mass is 16.5. The van der Waals surface area contributed by atoms with Crippen molar-refractivity contribution < 1.29 is 4.74 Å². The number of rotatable bonds is 0. The molecule has 1 fully saturated rings. The van der Waals surface area contributed by atoms with Crippen molar-refractivity contribution in [1.29, 1.82) is 0 Å². The maximum absolute atomic E-state index is 5.64. The van der Waals surface area contributed by atoms with Crippen LogP contribution < -0.4 is 0 Å². The molecule has 10 heavy (non-hydrogen) atoms. The molecule has 0 aromatic rings. The molecule has 1 nitrogen and oxygen atoms in total. The first-order valence-electron chi connectivity index (χ1n) is 3.90.